The zero-order valence-electron chi connectivity index (χ0n) is 14.3. The van der Waals surface area contributed by atoms with Gasteiger partial charge in [-0.2, -0.15) is 0 Å². The molecule has 0 heterocycles. The Bertz CT molecular complexity index is 776. The lowest BCUT2D eigenvalue weighted by Crippen LogP contribution is -2.28. The number of hydrogen-bond acceptors (Lipinski definition) is 5. The SMILES string of the molecule is COc1ccc(OC)c([C@@H](C)NC(=O)Cc2ccccc2[N+](=O)[O-])c1. The molecule has 2 aromatic rings. The van der Waals surface area contributed by atoms with Crippen LogP contribution in [-0.4, -0.2) is 25.1 Å². The third kappa shape index (κ3) is 4.47. The number of methoxy groups -OCH3 is 2. The number of carbonyl (C=O) groups excluding carboxylic acids is 1. The van der Waals surface area contributed by atoms with Crippen LogP contribution in [0, 0.1) is 10.1 Å². The first-order valence-corrected chi connectivity index (χ1v) is 7.69. The summed E-state index contributed by atoms with van der Waals surface area (Å²) in [5.74, 6) is 0.960. The van der Waals surface area contributed by atoms with Crippen molar-refractivity contribution in [1.29, 1.82) is 0 Å². The highest BCUT2D eigenvalue weighted by Crippen LogP contribution is 2.29. The van der Waals surface area contributed by atoms with Gasteiger partial charge in [0.25, 0.3) is 5.69 Å². The molecule has 0 saturated heterocycles. The van der Waals surface area contributed by atoms with Gasteiger partial charge in [-0.1, -0.05) is 18.2 Å². The van der Waals surface area contributed by atoms with Crippen LogP contribution >= 0.6 is 0 Å². The number of nitro groups is 1. The van der Waals surface area contributed by atoms with Gasteiger partial charge in [-0.15, -0.1) is 0 Å². The van der Waals surface area contributed by atoms with Crippen LogP contribution in [-0.2, 0) is 11.2 Å². The first-order chi connectivity index (χ1) is 12.0. The zero-order chi connectivity index (χ0) is 18.4. The summed E-state index contributed by atoms with van der Waals surface area (Å²) in [6.07, 6.45) is -0.0756. The predicted octanol–water partition coefficient (Wildman–Crippen LogP) is 3.03. The van der Waals surface area contributed by atoms with Crippen LogP contribution in [0.5, 0.6) is 11.5 Å². The Hall–Kier alpha value is -3.09. The van der Waals surface area contributed by atoms with Gasteiger partial charge in [0.1, 0.15) is 11.5 Å². The summed E-state index contributed by atoms with van der Waals surface area (Å²) in [6.45, 7) is 1.81. The van der Waals surface area contributed by atoms with Crippen LogP contribution in [0.25, 0.3) is 0 Å². The van der Waals surface area contributed by atoms with Gasteiger partial charge < -0.3 is 14.8 Å². The Morgan fingerprint density at radius 3 is 2.56 bits per heavy atom. The second-order valence-electron chi connectivity index (χ2n) is 5.46. The lowest BCUT2D eigenvalue weighted by Gasteiger charge is -2.18. The molecule has 0 unspecified atom stereocenters. The van der Waals surface area contributed by atoms with E-state index in [0.717, 1.165) is 5.56 Å². The highest BCUT2D eigenvalue weighted by molar-refractivity contribution is 5.80. The summed E-state index contributed by atoms with van der Waals surface area (Å²) in [6, 6.07) is 11.2. The van der Waals surface area contributed by atoms with Crippen molar-refractivity contribution in [3.05, 3.63) is 63.7 Å². The summed E-state index contributed by atoms with van der Waals surface area (Å²) in [7, 11) is 3.11. The number of carbonyl (C=O) groups is 1. The van der Waals surface area contributed by atoms with E-state index in [2.05, 4.69) is 5.32 Å². The van der Waals surface area contributed by atoms with Gasteiger partial charge >= 0.3 is 0 Å². The number of benzene rings is 2. The standard InChI is InChI=1S/C18H20N2O5/c1-12(15-11-14(24-2)8-9-17(15)25-3)19-18(21)10-13-6-4-5-7-16(13)20(22)23/h4-9,11-12H,10H2,1-3H3,(H,19,21)/t12-/m1/s1. The molecule has 0 spiro atoms. The van der Waals surface area contributed by atoms with Crippen molar-refractivity contribution in [2.75, 3.05) is 14.2 Å². The number of nitro benzene ring substituents is 1. The second-order valence-corrected chi connectivity index (χ2v) is 5.46. The molecule has 0 fully saturated rings. The Balaban J connectivity index is 2.15. The third-order valence-electron chi connectivity index (χ3n) is 3.82. The molecule has 132 valence electrons. The van der Waals surface area contributed by atoms with Gasteiger partial charge in [0.15, 0.2) is 0 Å². The quantitative estimate of drug-likeness (QED) is 0.616. The molecule has 1 N–H and O–H groups in total. The van der Waals surface area contributed by atoms with E-state index in [1.54, 1.807) is 50.6 Å². The van der Waals surface area contributed by atoms with Crippen LogP contribution in [0.1, 0.15) is 24.1 Å². The molecule has 2 aromatic carbocycles. The third-order valence-corrected chi connectivity index (χ3v) is 3.82. The van der Waals surface area contributed by atoms with Crippen LogP contribution in [0.3, 0.4) is 0 Å². The van der Waals surface area contributed by atoms with Gasteiger partial charge in [0.05, 0.1) is 31.6 Å². The second kappa shape index (κ2) is 8.14. The highest BCUT2D eigenvalue weighted by atomic mass is 16.6. The Morgan fingerprint density at radius 1 is 1.20 bits per heavy atom. The predicted molar refractivity (Wildman–Crippen MR) is 92.9 cm³/mol. The molecule has 0 radical (unpaired) electrons. The first kappa shape index (κ1) is 18.3. The molecule has 0 bridgehead atoms. The largest absolute Gasteiger partial charge is 0.497 e. The molecule has 0 aliphatic carbocycles. The molecular weight excluding hydrogens is 324 g/mol. The van der Waals surface area contributed by atoms with E-state index in [1.165, 1.54) is 6.07 Å². The maximum Gasteiger partial charge on any atom is 0.273 e. The van der Waals surface area contributed by atoms with Crippen molar-refractivity contribution in [3.8, 4) is 11.5 Å². The van der Waals surface area contributed by atoms with Crippen molar-refractivity contribution < 1.29 is 19.2 Å². The number of rotatable bonds is 7. The molecule has 0 aliphatic heterocycles. The van der Waals surface area contributed by atoms with Gasteiger partial charge in [0.2, 0.25) is 5.91 Å². The maximum atomic E-state index is 12.3. The normalized spacial score (nSPS) is 11.5. The summed E-state index contributed by atoms with van der Waals surface area (Å²) in [5.41, 5.74) is 1.07. The minimum atomic E-state index is -0.489. The zero-order valence-corrected chi connectivity index (χ0v) is 14.3. The van der Waals surface area contributed by atoms with Gasteiger partial charge in [-0.05, 0) is 25.1 Å². The fraction of sp³-hybridized carbons (Fsp3) is 0.278. The number of nitrogens with one attached hydrogen (secondary N) is 1. The molecule has 0 saturated carbocycles. The molecular formula is C18H20N2O5. The molecule has 7 nitrogen and oxygen atoms in total. The van der Waals surface area contributed by atoms with E-state index < -0.39 is 4.92 Å². The summed E-state index contributed by atoms with van der Waals surface area (Å²) < 4.78 is 10.5. The van der Waals surface area contributed by atoms with Crippen molar-refractivity contribution in [2.45, 2.75) is 19.4 Å². The van der Waals surface area contributed by atoms with Gasteiger partial charge in [0, 0.05) is 17.2 Å². The van der Waals surface area contributed by atoms with Crippen LogP contribution < -0.4 is 14.8 Å². The van der Waals surface area contributed by atoms with Gasteiger partial charge in [-0.25, -0.2) is 0 Å². The van der Waals surface area contributed by atoms with E-state index in [0.29, 0.717) is 17.1 Å². The molecule has 2 rings (SSSR count). The minimum Gasteiger partial charge on any atom is -0.497 e. The average Bonchev–Trinajstić information content (AvgIpc) is 2.61. The van der Waals surface area contributed by atoms with Crippen LogP contribution in [0.2, 0.25) is 0 Å². The average molecular weight is 344 g/mol. The van der Waals surface area contributed by atoms with E-state index >= 15 is 0 Å². The topological polar surface area (TPSA) is 90.7 Å². The van der Waals surface area contributed by atoms with Crippen molar-refractivity contribution >= 4 is 11.6 Å². The van der Waals surface area contributed by atoms with Crippen LogP contribution in [0.15, 0.2) is 42.5 Å². The summed E-state index contributed by atoms with van der Waals surface area (Å²) in [5, 5.41) is 13.9. The molecule has 1 amide bonds. The smallest absolute Gasteiger partial charge is 0.273 e. The Kier molecular flexibility index (Phi) is 5.94. The minimum absolute atomic E-state index is 0.0655. The van der Waals surface area contributed by atoms with Crippen molar-refractivity contribution in [2.24, 2.45) is 0 Å². The molecule has 0 aliphatic rings. The number of para-hydroxylation sites is 1. The fourth-order valence-corrected chi connectivity index (χ4v) is 2.56. The van der Waals surface area contributed by atoms with Crippen molar-refractivity contribution in [1.82, 2.24) is 5.32 Å². The summed E-state index contributed by atoms with van der Waals surface area (Å²) in [4.78, 5) is 22.9. The van der Waals surface area contributed by atoms with E-state index in [9.17, 15) is 14.9 Å². The highest BCUT2D eigenvalue weighted by Gasteiger charge is 2.19. The lowest BCUT2D eigenvalue weighted by atomic mass is 10.1. The van der Waals surface area contributed by atoms with E-state index in [1.807, 2.05) is 6.92 Å². The fourth-order valence-electron chi connectivity index (χ4n) is 2.56. The van der Waals surface area contributed by atoms with Gasteiger partial charge in [-0.3, -0.25) is 14.9 Å². The number of nitrogens with zero attached hydrogens (tertiary/aromatic N) is 1. The van der Waals surface area contributed by atoms with E-state index in [4.69, 9.17) is 9.47 Å². The molecule has 0 aromatic heterocycles. The van der Waals surface area contributed by atoms with Crippen LogP contribution in [0.4, 0.5) is 5.69 Å². The first-order valence-electron chi connectivity index (χ1n) is 7.69. The number of ether oxygens (including phenoxy) is 2. The molecule has 25 heavy (non-hydrogen) atoms. The lowest BCUT2D eigenvalue weighted by molar-refractivity contribution is -0.385. The Morgan fingerprint density at radius 2 is 1.92 bits per heavy atom. The summed E-state index contributed by atoms with van der Waals surface area (Å²) >= 11 is 0. The maximum absolute atomic E-state index is 12.3. The molecule has 7 heteroatoms. The Labute approximate surface area is 145 Å². The monoisotopic (exact) mass is 344 g/mol. The van der Waals surface area contributed by atoms with Crippen molar-refractivity contribution in [3.63, 3.8) is 0 Å². The van der Waals surface area contributed by atoms with E-state index in [-0.39, 0.29) is 24.1 Å². The number of amides is 1. The number of hydrogen-bond donors (Lipinski definition) is 1. The molecule has 1 atom stereocenters.